The van der Waals surface area contributed by atoms with Crippen LogP contribution in [-0.2, 0) is 16.0 Å². The summed E-state index contributed by atoms with van der Waals surface area (Å²) in [4.78, 5) is 11.1. The zero-order valence-corrected chi connectivity index (χ0v) is 10.9. The van der Waals surface area contributed by atoms with Crippen LogP contribution in [0, 0.1) is 0 Å². The molecule has 0 spiro atoms. The summed E-state index contributed by atoms with van der Waals surface area (Å²) in [5.41, 5.74) is 8.23. The van der Waals surface area contributed by atoms with Crippen LogP contribution >= 0.6 is 0 Å². The molecular weight excluding hydrogens is 226 g/mol. The van der Waals surface area contributed by atoms with Crippen molar-refractivity contribution in [1.82, 2.24) is 0 Å². The Bertz CT molecular complexity index is 413. The van der Waals surface area contributed by atoms with Crippen LogP contribution in [0.1, 0.15) is 31.7 Å². The molecule has 0 aliphatic rings. The summed E-state index contributed by atoms with van der Waals surface area (Å²) in [5.74, 6) is -0.300. The van der Waals surface area contributed by atoms with Crippen molar-refractivity contribution >= 4 is 11.7 Å². The lowest BCUT2D eigenvalue weighted by atomic mass is 10.1. The maximum atomic E-state index is 11.1. The second-order valence-corrected chi connectivity index (χ2v) is 4.47. The highest BCUT2D eigenvalue weighted by Gasteiger charge is 2.01. The van der Waals surface area contributed by atoms with E-state index in [1.54, 1.807) is 6.92 Å². The number of ether oxygens (including phenoxy) is 1. The van der Waals surface area contributed by atoms with Crippen molar-refractivity contribution in [1.29, 1.82) is 0 Å². The Kier molecular flexibility index (Phi) is 5.98. The third kappa shape index (κ3) is 5.53. The number of nitrogens with two attached hydrogens (primary N) is 1. The lowest BCUT2D eigenvalue weighted by molar-refractivity contribution is -0.139. The Hall–Kier alpha value is -1.77. The molecule has 0 aromatic heterocycles. The number of unbranched alkanes of at least 4 members (excludes halogenated alkanes) is 2. The number of aryl methyl sites for hydroxylation is 1. The van der Waals surface area contributed by atoms with Crippen LogP contribution in [0.3, 0.4) is 0 Å². The molecule has 2 N–H and O–H groups in total. The quantitative estimate of drug-likeness (QED) is 0.348. The van der Waals surface area contributed by atoms with E-state index in [4.69, 9.17) is 10.5 Å². The van der Waals surface area contributed by atoms with Crippen LogP contribution < -0.4 is 5.73 Å². The molecule has 0 amide bonds. The summed E-state index contributed by atoms with van der Waals surface area (Å²) in [6.07, 6.45) is 4.02. The van der Waals surface area contributed by atoms with Gasteiger partial charge in [0.15, 0.2) is 0 Å². The summed E-state index contributed by atoms with van der Waals surface area (Å²) in [6, 6.07) is 7.94. The van der Waals surface area contributed by atoms with E-state index in [2.05, 4.69) is 12.6 Å². The van der Waals surface area contributed by atoms with E-state index >= 15 is 0 Å². The number of esters is 1. The second-order valence-electron chi connectivity index (χ2n) is 4.47. The highest BCUT2D eigenvalue weighted by molar-refractivity contribution is 5.86. The number of anilines is 1. The Morgan fingerprint density at radius 1 is 1.33 bits per heavy atom. The summed E-state index contributed by atoms with van der Waals surface area (Å²) < 4.78 is 5.02. The molecule has 0 saturated heterocycles. The van der Waals surface area contributed by atoms with E-state index in [9.17, 15) is 4.79 Å². The van der Waals surface area contributed by atoms with Crippen molar-refractivity contribution in [3.05, 3.63) is 42.0 Å². The van der Waals surface area contributed by atoms with Crippen molar-refractivity contribution in [3.8, 4) is 0 Å². The van der Waals surface area contributed by atoms with Crippen molar-refractivity contribution in [2.24, 2.45) is 0 Å². The van der Waals surface area contributed by atoms with Gasteiger partial charge in [0.1, 0.15) is 0 Å². The van der Waals surface area contributed by atoms with Gasteiger partial charge in [-0.1, -0.05) is 18.7 Å². The van der Waals surface area contributed by atoms with Crippen molar-refractivity contribution < 1.29 is 9.53 Å². The fraction of sp³-hybridized carbons (Fsp3) is 0.400. The fourth-order valence-corrected chi connectivity index (χ4v) is 1.64. The monoisotopic (exact) mass is 247 g/mol. The maximum Gasteiger partial charge on any atom is 0.333 e. The Morgan fingerprint density at radius 2 is 2.11 bits per heavy atom. The van der Waals surface area contributed by atoms with Gasteiger partial charge in [0.25, 0.3) is 0 Å². The van der Waals surface area contributed by atoms with Crippen LogP contribution in [0.5, 0.6) is 0 Å². The molecule has 0 aliphatic heterocycles. The number of hydrogen-bond acceptors (Lipinski definition) is 3. The predicted molar refractivity (Wildman–Crippen MR) is 74.2 cm³/mol. The number of carbonyl (C=O) groups excluding carboxylic acids is 1. The van der Waals surface area contributed by atoms with Gasteiger partial charge in [-0.2, -0.15) is 0 Å². The van der Waals surface area contributed by atoms with Gasteiger partial charge in [-0.25, -0.2) is 4.79 Å². The summed E-state index contributed by atoms with van der Waals surface area (Å²) in [7, 11) is 0. The number of carbonyl (C=O) groups is 1. The molecule has 0 fully saturated rings. The summed E-state index contributed by atoms with van der Waals surface area (Å²) in [6.45, 7) is 5.66. The summed E-state index contributed by atoms with van der Waals surface area (Å²) in [5, 5.41) is 0. The minimum atomic E-state index is -0.300. The lowest BCUT2D eigenvalue weighted by Crippen LogP contribution is -2.06. The lowest BCUT2D eigenvalue weighted by Gasteiger charge is -2.05. The molecule has 1 aromatic rings. The molecule has 3 heteroatoms. The minimum Gasteiger partial charge on any atom is -0.462 e. The first-order valence-corrected chi connectivity index (χ1v) is 6.26. The molecule has 3 nitrogen and oxygen atoms in total. The van der Waals surface area contributed by atoms with Crippen LogP contribution in [0.15, 0.2) is 36.4 Å². The standard InChI is InChI=1S/C15H21NO2/c1-12(2)15(17)18-10-5-3-4-7-13-8-6-9-14(16)11-13/h6,8-9,11H,1,3-5,7,10,16H2,2H3. The predicted octanol–water partition coefficient (Wildman–Crippen LogP) is 3.10. The molecule has 1 aromatic carbocycles. The zero-order valence-electron chi connectivity index (χ0n) is 10.9. The van der Waals surface area contributed by atoms with E-state index in [1.807, 2.05) is 18.2 Å². The summed E-state index contributed by atoms with van der Waals surface area (Å²) >= 11 is 0. The van der Waals surface area contributed by atoms with Gasteiger partial charge in [-0.3, -0.25) is 0 Å². The van der Waals surface area contributed by atoms with Gasteiger partial charge in [0.2, 0.25) is 0 Å². The number of hydrogen-bond donors (Lipinski definition) is 1. The first kappa shape index (κ1) is 14.3. The Morgan fingerprint density at radius 3 is 2.78 bits per heavy atom. The molecule has 1 rings (SSSR count). The van der Waals surface area contributed by atoms with E-state index in [0.717, 1.165) is 31.4 Å². The van der Waals surface area contributed by atoms with Gasteiger partial charge in [-0.15, -0.1) is 0 Å². The van der Waals surface area contributed by atoms with E-state index in [1.165, 1.54) is 5.56 Å². The highest BCUT2D eigenvalue weighted by Crippen LogP contribution is 2.10. The molecule has 0 heterocycles. The third-order valence-electron chi connectivity index (χ3n) is 2.64. The molecule has 0 bridgehead atoms. The third-order valence-corrected chi connectivity index (χ3v) is 2.64. The fourth-order valence-electron chi connectivity index (χ4n) is 1.64. The number of rotatable bonds is 7. The largest absolute Gasteiger partial charge is 0.462 e. The van der Waals surface area contributed by atoms with Crippen molar-refractivity contribution in [3.63, 3.8) is 0 Å². The van der Waals surface area contributed by atoms with Gasteiger partial charge < -0.3 is 10.5 Å². The van der Waals surface area contributed by atoms with Crippen LogP contribution in [0.4, 0.5) is 5.69 Å². The molecule has 98 valence electrons. The van der Waals surface area contributed by atoms with Crippen molar-refractivity contribution in [2.75, 3.05) is 12.3 Å². The van der Waals surface area contributed by atoms with Crippen LogP contribution in [0.25, 0.3) is 0 Å². The van der Waals surface area contributed by atoms with E-state index in [0.29, 0.717) is 12.2 Å². The second kappa shape index (κ2) is 7.54. The molecule has 18 heavy (non-hydrogen) atoms. The smallest absolute Gasteiger partial charge is 0.333 e. The Balaban J connectivity index is 2.09. The minimum absolute atomic E-state index is 0.300. The van der Waals surface area contributed by atoms with Crippen LogP contribution in [-0.4, -0.2) is 12.6 Å². The Labute approximate surface area is 109 Å². The molecule has 0 aliphatic carbocycles. The molecule has 0 atom stereocenters. The SMILES string of the molecule is C=C(C)C(=O)OCCCCCc1cccc(N)c1. The van der Waals surface area contributed by atoms with Gasteiger partial charge in [0.05, 0.1) is 6.61 Å². The topological polar surface area (TPSA) is 52.3 Å². The van der Waals surface area contributed by atoms with Crippen LogP contribution in [0.2, 0.25) is 0 Å². The van der Waals surface area contributed by atoms with Gasteiger partial charge >= 0.3 is 5.97 Å². The molecule has 0 radical (unpaired) electrons. The average molecular weight is 247 g/mol. The zero-order chi connectivity index (χ0) is 13.4. The molecule has 0 unspecified atom stereocenters. The first-order valence-electron chi connectivity index (χ1n) is 6.26. The molecular formula is C15H21NO2. The maximum absolute atomic E-state index is 11.1. The highest BCUT2D eigenvalue weighted by atomic mass is 16.5. The normalized spacial score (nSPS) is 10.1. The van der Waals surface area contributed by atoms with Crippen molar-refractivity contribution in [2.45, 2.75) is 32.6 Å². The van der Waals surface area contributed by atoms with Gasteiger partial charge in [-0.05, 0) is 50.3 Å². The average Bonchev–Trinajstić information content (AvgIpc) is 2.33. The van der Waals surface area contributed by atoms with E-state index in [-0.39, 0.29) is 5.97 Å². The van der Waals surface area contributed by atoms with E-state index < -0.39 is 0 Å². The first-order chi connectivity index (χ1) is 8.59. The molecule has 0 saturated carbocycles. The van der Waals surface area contributed by atoms with Gasteiger partial charge in [0, 0.05) is 11.3 Å². The number of nitrogen functional groups attached to an aromatic ring is 1. The number of benzene rings is 1.